The summed E-state index contributed by atoms with van der Waals surface area (Å²) in [5.74, 6) is 0.0243. The number of piperidine rings is 1. The van der Waals surface area contributed by atoms with Crippen LogP contribution in [0.5, 0.6) is 0 Å². The van der Waals surface area contributed by atoms with E-state index in [4.69, 9.17) is 4.74 Å². The van der Waals surface area contributed by atoms with E-state index in [9.17, 15) is 4.79 Å². The number of amides is 1. The molecule has 0 bridgehead atoms. The molecule has 4 heterocycles. The van der Waals surface area contributed by atoms with Crippen molar-refractivity contribution in [1.29, 1.82) is 0 Å². The van der Waals surface area contributed by atoms with Crippen molar-refractivity contribution in [1.82, 2.24) is 30.1 Å². The second-order valence-corrected chi connectivity index (χ2v) is 5.74. The first-order chi connectivity index (χ1) is 10.8. The first-order valence-corrected chi connectivity index (χ1v) is 7.60. The van der Waals surface area contributed by atoms with E-state index in [0.717, 1.165) is 24.2 Å². The van der Waals surface area contributed by atoms with Gasteiger partial charge in [0.25, 0.3) is 5.91 Å². The highest BCUT2D eigenvalue weighted by molar-refractivity contribution is 5.95. The van der Waals surface area contributed by atoms with Crippen LogP contribution in [0.2, 0.25) is 0 Å². The first-order valence-electron chi connectivity index (χ1n) is 7.60. The topological polar surface area (TPSA) is 88.9 Å². The van der Waals surface area contributed by atoms with Gasteiger partial charge in [0.1, 0.15) is 0 Å². The Morgan fingerprint density at radius 2 is 2.41 bits per heavy atom. The number of nitrogens with zero attached hydrogens (tertiary/aromatic N) is 5. The maximum absolute atomic E-state index is 12.7. The number of likely N-dealkylation sites (tertiary alicyclic amines) is 1. The van der Waals surface area contributed by atoms with Crippen LogP contribution in [0.25, 0.3) is 0 Å². The number of fused-ring (bicyclic) bond motifs is 3. The summed E-state index contributed by atoms with van der Waals surface area (Å²) < 4.78 is 7.78. The molecule has 4 rings (SSSR count). The highest BCUT2D eigenvalue weighted by atomic mass is 16.5. The van der Waals surface area contributed by atoms with E-state index >= 15 is 0 Å². The zero-order valence-electron chi connectivity index (χ0n) is 12.4. The molecular formula is C14H18N6O2. The van der Waals surface area contributed by atoms with Crippen LogP contribution in [0, 0.1) is 0 Å². The highest BCUT2D eigenvalue weighted by Gasteiger charge is 2.38. The highest BCUT2D eigenvalue weighted by Crippen LogP contribution is 2.30. The van der Waals surface area contributed by atoms with Crippen LogP contribution in [0.4, 0.5) is 0 Å². The predicted octanol–water partition coefficient (Wildman–Crippen LogP) is 0.550. The van der Waals surface area contributed by atoms with Gasteiger partial charge in [-0.3, -0.25) is 9.89 Å². The Kier molecular flexibility index (Phi) is 3.18. The minimum absolute atomic E-state index is 0.0243. The Morgan fingerprint density at radius 1 is 1.50 bits per heavy atom. The molecule has 2 aromatic rings. The van der Waals surface area contributed by atoms with E-state index in [2.05, 4.69) is 20.5 Å². The van der Waals surface area contributed by atoms with Gasteiger partial charge in [0.15, 0.2) is 0 Å². The monoisotopic (exact) mass is 302 g/mol. The molecule has 1 N–H and O–H groups in total. The number of aromatic nitrogens is 5. The molecule has 116 valence electrons. The molecule has 2 aliphatic rings. The summed E-state index contributed by atoms with van der Waals surface area (Å²) in [5.41, 5.74) is 2.51. The number of hydrogen-bond donors (Lipinski definition) is 1. The van der Waals surface area contributed by atoms with Gasteiger partial charge in [0.05, 0.1) is 42.4 Å². The van der Waals surface area contributed by atoms with Crippen molar-refractivity contribution >= 4 is 5.91 Å². The second kappa shape index (κ2) is 5.20. The molecule has 2 aromatic heterocycles. The van der Waals surface area contributed by atoms with Crippen LogP contribution in [0.1, 0.15) is 41.1 Å². The van der Waals surface area contributed by atoms with Crippen molar-refractivity contribution in [3.05, 3.63) is 29.3 Å². The van der Waals surface area contributed by atoms with E-state index in [1.54, 1.807) is 12.4 Å². The lowest BCUT2D eigenvalue weighted by molar-refractivity contribution is -0.0605. The number of aromatic amines is 1. The Labute approximate surface area is 127 Å². The number of carbonyl (C=O) groups is 1. The molecule has 1 amide bonds. The van der Waals surface area contributed by atoms with E-state index in [1.807, 2.05) is 16.5 Å². The van der Waals surface area contributed by atoms with Gasteiger partial charge in [-0.15, -0.1) is 5.10 Å². The maximum atomic E-state index is 12.7. The summed E-state index contributed by atoms with van der Waals surface area (Å²) in [6.45, 7) is 3.84. The Bertz CT molecular complexity index is 693. The van der Waals surface area contributed by atoms with Crippen LogP contribution in [-0.2, 0) is 17.8 Å². The number of aryl methyl sites for hydroxylation is 1. The van der Waals surface area contributed by atoms with Crippen LogP contribution >= 0.6 is 0 Å². The third-order valence-corrected chi connectivity index (χ3v) is 4.52. The smallest absolute Gasteiger partial charge is 0.257 e. The summed E-state index contributed by atoms with van der Waals surface area (Å²) in [5, 5.41) is 15.0. The normalized spacial score (nSPS) is 24.0. The van der Waals surface area contributed by atoms with E-state index in [1.165, 1.54) is 0 Å². The molecule has 0 aromatic carbocycles. The van der Waals surface area contributed by atoms with Crippen molar-refractivity contribution < 1.29 is 9.53 Å². The first kappa shape index (κ1) is 13.4. The average molecular weight is 302 g/mol. The Balaban J connectivity index is 1.58. The molecule has 0 spiro atoms. The fraction of sp³-hybridized carbons (Fsp3) is 0.571. The molecule has 0 aliphatic carbocycles. The van der Waals surface area contributed by atoms with Crippen molar-refractivity contribution in [2.24, 2.45) is 0 Å². The lowest BCUT2D eigenvalue weighted by Crippen LogP contribution is -2.50. The summed E-state index contributed by atoms with van der Waals surface area (Å²) in [6, 6.07) is 0.0425. The van der Waals surface area contributed by atoms with Gasteiger partial charge in [0.2, 0.25) is 0 Å². The molecule has 22 heavy (non-hydrogen) atoms. The summed E-state index contributed by atoms with van der Waals surface area (Å²) in [6.07, 6.45) is 5.02. The number of H-pyrrole nitrogens is 1. The molecule has 1 fully saturated rings. The fourth-order valence-corrected chi connectivity index (χ4v) is 3.30. The van der Waals surface area contributed by atoms with Crippen LogP contribution in [0.3, 0.4) is 0 Å². The third kappa shape index (κ3) is 2.02. The lowest BCUT2D eigenvalue weighted by atomic mass is 9.99. The number of nitrogens with one attached hydrogen (secondary N) is 1. The summed E-state index contributed by atoms with van der Waals surface area (Å²) in [4.78, 5) is 14.6. The van der Waals surface area contributed by atoms with Crippen molar-refractivity contribution in [3.63, 3.8) is 0 Å². The average Bonchev–Trinajstić information content (AvgIpc) is 3.22. The molecule has 0 radical (unpaired) electrons. The van der Waals surface area contributed by atoms with Gasteiger partial charge in [-0.1, -0.05) is 12.1 Å². The maximum Gasteiger partial charge on any atom is 0.257 e. The molecule has 0 saturated carbocycles. The SMILES string of the molecule is CCc1[nH]ncc1C(=O)N1CC[C@@H]2OCc3cnnn3[C@H]2C1. The molecule has 1 saturated heterocycles. The molecule has 0 unspecified atom stereocenters. The number of hydrogen-bond acceptors (Lipinski definition) is 5. The van der Waals surface area contributed by atoms with Crippen LogP contribution < -0.4 is 0 Å². The Morgan fingerprint density at radius 3 is 3.27 bits per heavy atom. The van der Waals surface area contributed by atoms with Crippen LogP contribution in [0.15, 0.2) is 12.4 Å². The molecular weight excluding hydrogens is 284 g/mol. The van der Waals surface area contributed by atoms with E-state index < -0.39 is 0 Å². The second-order valence-electron chi connectivity index (χ2n) is 5.74. The van der Waals surface area contributed by atoms with Gasteiger partial charge in [-0.2, -0.15) is 5.10 Å². The molecule has 2 atom stereocenters. The minimum Gasteiger partial charge on any atom is -0.370 e. The fourth-order valence-electron chi connectivity index (χ4n) is 3.30. The van der Waals surface area contributed by atoms with Gasteiger partial charge in [-0.05, 0) is 12.8 Å². The van der Waals surface area contributed by atoms with Crippen molar-refractivity contribution in [2.75, 3.05) is 13.1 Å². The number of ether oxygens (including phenoxy) is 1. The van der Waals surface area contributed by atoms with E-state index in [-0.39, 0.29) is 18.1 Å². The largest absolute Gasteiger partial charge is 0.370 e. The molecule has 8 heteroatoms. The van der Waals surface area contributed by atoms with Crippen molar-refractivity contribution in [3.8, 4) is 0 Å². The summed E-state index contributed by atoms with van der Waals surface area (Å²) in [7, 11) is 0. The van der Waals surface area contributed by atoms with Crippen LogP contribution in [-0.4, -0.2) is 55.2 Å². The standard InChI is InChI=1S/C14H18N6O2/c1-2-11-10(6-15-17-11)14(21)19-4-3-13-12(7-19)20-9(8-22-13)5-16-18-20/h5-6,12-13H,2-4,7-8H2,1H3,(H,15,17)/t12-,13-/m0/s1. The lowest BCUT2D eigenvalue weighted by Gasteiger charge is -2.40. The quantitative estimate of drug-likeness (QED) is 0.875. The predicted molar refractivity (Wildman–Crippen MR) is 76.1 cm³/mol. The zero-order chi connectivity index (χ0) is 15.1. The van der Waals surface area contributed by atoms with Gasteiger partial charge < -0.3 is 9.64 Å². The van der Waals surface area contributed by atoms with Gasteiger partial charge in [0, 0.05) is 18.8 Å². The minimum atomic E-state index is 0.0243. The van der Waals surface area contributed by atoms with Gasteiger partial charge >= 0.3 is 0 Å². The van der Waals surface area contributed by atoms with Gasteiger partial charge in [-0.25, -0.2) is 4.68 Å². The van der Waals surface area contributed by atoms with Crippen molar-refractivity contribution in [2.45, 2.75) is 38.5 Å². The Hall–Kier alpha value is -2.22. The zero-order valence-corrected chi connectivity index (χ0v) is 12.4. The number of rotatable bonds is 2. The van der Waals surface area contributed by atoms with E-state index in [0.29, 0.717) is 25.3 Å². The molecule has 8 nitrogen and oxygen atoms in total. The molecule has 2 aliphatic heterocycles. The number of carbonyl (C=O) groups excluding carboxylic acids is 1. The summed E-state index contributed by atoms with van der Waals surface area (Å²) >= 11 is 0. The third-order valence-electron chi connectivity index (χ3n) is 4.52.